The number of carbonyl (C=O) groups is 3. The monoisotopic (exact) mass is 560 g/mol. The van der Waals surface area contributed by atoms with Crippen LogP contribution in [0, 0.1) is 15.5 Å². The molecule has 7 nitrogen and oxygen atoms in total. The predicted octanol–water partition coefficient (Wildman–Crippen LogP) is 6.56. The molecule has 1 aliphatic carbocycles. The lowest BCUT2D eigenvalue weighted by atomic mass is 9.64. The summed E-state index contributed by atoms with van der Waals surface area (Å²) in [6.45, 7) is 0. The SMILES string of the molecule is O=C(c1ccccc1Cl)[C@H]1[C@H](c2ccc([N+](=O)[O-])cc2)C2(C(=O)c3ccccc3C2=O)[C@@H]2C=Cc3ccccc3N21. The van der Waals surface area contributed by atoms with Crippen molar-refractivity contribution in [3.8, 4) is 0 Å². The van der Waals surface area contributed by atoms with Gasteiger partial charge in [0.25, 0.3) is 5.69 Å². The highest BCUT2D eigenvalue weighted by atomic mass is 35.5. The van der Waals surface area contributed by atoms with E-state index in [1.54, 1.807) is 60.7 Å². The molecule has 3 atom stereocenters. The Balaban J connectivity index is 1.55. The van der Waals surface area contributed by atoms with Gasteiger partial charge in [-0.2, -0.15) is 0 Å². The molecular weight excluding hydrogens is 540 g/mol. The van der Waals surface area contributed by atoms with Crippen LogP contribution < -0.4 is 4.90 Å². The standard InChI is InChI=1S/C33H21ClN2O5/c34-25-11-5-4-10-24(25)30(37)29-28(20-13-16-21(17-14-20)36(40)41)33(31(38)22-8-2-3-9-23(22)32(33)39)27-18-15-19-7-1-6-12-26(19)35(27)29/h1-18,27-29H/t27-,28-,29+/m0/s1. The van der Waals surface area contributed by atoms with Crippen molar-refractivity contribution in [3.05, 3.63) is 146 Å². The summed E-state index contributed by atoms with van der Waals surface area (Å²) in [6, 6.07) is 24.9. The first kappa shape index (κ1) is 25.1. The molecule has 41 heavy (non-hydrogen) atoms. The molecule has 4 aromatic rings. The first-order chi connectivity index (χ1) is 19.9. The maximum atomic E-state index is 14.6. The average molecular weight is 561 g/mol. The Morgan fingerprint density at radius 3 is 2.10 bits per heavy atom. The summed E-state index contributed by atoms with van der Waals surface area (Å²) < 4.78 is 0. The van der Waals surface area contributed by atoms with Crippen molar-refractivity contribution in [2.45, 2.75) is 18.0 Å². The molecule has 2 aliphatic heterocycles. The predicted molar refractivity (Wildman–Crippen MR) is 155 cm³/mol. The smallest absolute Gasteiger partial charge is 0.269 e. The molecule has 200 valence electrons. The molecule has 1 saturated heterocycles. The number of anilines is 1. The van der Waals surface area contributed by atoms with E-state index in [0.29, 0.717) is 22.4 Å². The van der Waals surface area contributed by atoms with Crippen molar-refractivity contribution in [1.82, 2.24) is 0 Å². The van der Waals surface area contributed by atoms with Crippen molar-refractivity contribution in [3.63, 3.8) is 0 Å². The number of halogens is 1. The summed E-state index contributed by atoms with van der Waals surface area (Å²) in [7, 11) is 0. The second kappa shape index (κ2) is 9.08. The molecule has 0 unspecified atom stereocenters. The van der Waals surface area contributed by atoms with Crippen LogP contribution in [0.25, 0.3) is 6.08 Å². The minimum absolute atomic E-state index is 0.134. The molecule has 4 aromatic carbocycles. The van der Waals surface area contributed by atoms with Gasteiger partial charge in [-0.1, -0.05) is 90.5 Å². The Labute approximate surface area is 239 Å². The highest BCUT2D eigenvalue weighted by Crippen LogP contribution is 2.61. The third-order valence-electron chi connectivity index (χ3n) is 8.58. The maximum Gasteiger partial charge on any atom is 0.269 e. The van der Waals surface area contributed by atoms with Gasteiger partial charge in [-0.3, -0.25) is 24.5 Å². The number of Topliss-reactive ketones (excluding diaryl/α,β-unsaturated/α-hetero) is 3. The first-order valence-electron chi connectivity index (χ1n) is 13.1. The van der Waals surface area contributed by atoms with Crippen LogP contribution in [0.4, 0.5) is 11.4 Å². The Morgan fingerprint density at radius 1 is 0.829 bits per heavy atom. The summed E-state index contributed by atoms with van der Waals surface area (Å²) >= 11 is 6.54. The third-order valence-corrected chi connectivity index (χ3v) is 8.91. The maximum absolute atomic E-state index is 14.6. The quantitative estimate of drug-likeness (QED) is 0.121. The molecule has 1 spiro atoms. The molecule has 2 heterocycles. The molecule has 0 saturated carbocycles. The van der Waals surface area contributed by atoms with E-state index in [1.807, 2.05) is 41.3 Å². The lowest BCUT2D eigenvalue weighted by Crippen LogP contribution is -2.48. The second-order valence-corrected chi connectivity index (χ2v) is 10.9. The molecule has 7 rings (SSSR count). The van der Waals surface area contributed by atoms with E-state index in [9.17, 15) is 24.5 Å². The van der Waals surface area contributed by atoms with E-state index in [-0.39, 0.29) is 33.6 Å². The van der Waals surface area contributed by atoms with E-state index >= 15 is 0 Å². The minimum Gasteiger partial charge on any atom is -0.352 e. The Bertz CT molecular complexity index is 1790. The number of benzene rings is 4. The van der Waals surface area contributed by atoms with Crippen LogP contribution in [-0.2, 0) is 0 Å². The molecule has 0 N–H and O–H groups in total. The zero-order chi connectivity index (χ0) is 28.5. The van der Waals surface area contributed by atoms with Gasteiger partial charge >= 0.3 is 0 Å². The van der Waals surface area contributed by atoms with Crippen LogP contribution in [0.1, 0.15) is 48.1 Å². The molecule has 1 fully saturated rings. The van der Waals surface area contributed by atoms with Crippen LogP contribution in [0.5, 0.6) is 0 Å². The fourth-order valence-corrected chi connectivity index (χ4v) is 7.14. The number of nitrogens with zero attached hydrogens (tertiary/aromatic N) is 2. The number of nitro benzene ring substituents is 1. The minimum atomic E-state index is -1.69. The van der Waals surface area contributed by atoms with E-state index in [0.717, 1.165) is 5.56 Å². The number of para-hydroxylation sites is 1. The third kappa shape index (κ3) is 3.36. The summed E-state index contributed by atoms with van der Waals surface area (Å²) in [5.74, 6) is -2.05. The van der Waals surface area contributed by atoms with E-state index in [2.05, 4.69) is 0 Å². The van der Waals surface area contributed by atoms with Gasteiger partial charge in [-0.05, 0) is 29.3 Å². The van der Waals surface area contributed by atoms with Gasteiger partial charge in [0, 0.05) is 40.4 Å². The molecule has 0 amide bonds. The number of fused-ring (bicyclic) bond motifs is 5. The van der Waals surface area contributed by atoms with Crippen molar-refractivity contribution in [1.29, 1.82) is 0 Å². The number of carbonyl (C=O) groups excluding carboxylic acids is 3. The zero-order valence-electron chi connectivity index (χ0n) is 21.4. The van der Waals surface area contributed by atoms with Crippen molar-refractivity contribution in [2.75, 3.05) is 4.90 Å². The molecule has 0 radical (unpaired) electrons. The lowest BCUT2D eigenvalue weighted by Gasteiger charge is -2.37. The molecular formula is C33H21ClN2O5. The van der Waals surface area contributed by atoms with Gasteiger partial charge in [-0.25, -0.2) is 0 Å². The van der Waals surface area contributed by atoms with Crippen LogP contribution >= 0.6 is 11.6 Å². The summed E-state index contributed by atoms with van der Waals surface area (Å²) in [4.78, 5) is 56.7. The Morgan fingerprint density at radius 2 is 1.44 bits per heavy atom. The number of non-ortho nitro benzene ring substituents is 1. The van der Waals surface area contributed by atoms with Crippen molar-refractivity contribution in [2.24, 2.45) is 5.41 Å². The Kier molecular flexibility index (Phi) is 5.56. The van der Waals surface area contributed by atoms with Crippen LogP contribution in [-0.4, -0.2) is 34.4 Å². The lowest BCUT2D eigenvalue weighted by molar-refractivity contribution is -0.384. The van der Waals surface area contributed by atoms with Crippen molar-refractivity contribution >= 4 is 46.4 Å². The molecule has 0 bridgehead atoms. The number of ketones is 3. The Hall–Kier alpha value is -4.88. The number of hydrogen-bond acceptors (Lipinski definition) is 6. The number of hydrogen-bond donors (Lipinski definition) is 0. The molecule has 3 aliphatic rings. The van der Waals surface area contributed by atoms with Crippen LogP contribution in [0.2, 0.25) is 5.02 Å². The largest absolute Gasteiger partial charge is 0.352 e. The van der Waals surface area contributed by atoms with Gasteiger partial charge < -0.3 is 4.90 Å². The fraction of sp³-hybridized carbons (Fsp3) is 0.121. The van der Waals surface area contributed by atoms with Gasteiger partial charge in [-0.15, -0.1) is 0 Å². The average Bonchev–Trinajstić information content (AvgIpc) is 3.43. The number of rotatable bonds is 4. The highest BCUT2D eigenvalue weighted by Gasteiger charge is 2.71. The zero-order valence-corrected chi connectivity index (χ0v) is 22.2. The van der Waals surface area contributed by atoms with E-state index in [4.69, 9.17) is 11.6 Å². The van der Waals surface area contributed by atoms with Crippen molar-refractivity contribution < 1.29 is 19.3 Å². The molecule has 0 aromatic heterocycles. The highest BCUT2D eigenvalue weighted by molar-refractivity contribution is 6.35. The van der Waals surface area contributed by atoms with E-state index < -0.39 is 28.3 Å². The van der Waals surface area contributed by atoms with Gasteiger partial charge in [0.05, 0.1) is 16.0 Å². The van der Waals surface area contributed by atoms with Gasteiger partial charge in [0.1, 0.15) is 11.5 Å². The fourth-order valence-electron chi connectivity index (χ4n) is 6.91. The van der Waals surface area contributed by atoms with Crippen LogP contribution in [0.3, 0.4) is 0 Å². The number of nitro groups is 1. The van der Waals surface area contributed by atoms with Gasteiger partial charge in [0.15, 0.2) is 17.3 Å². The molecule has 8 heteroatoms. The second-order valence-electron chi connectivity index (χ2n) is 10.5. The van der Waals surface area contributed by atoms with Gasteiger partial charge in [0.2, 0.25) is 0 Å². The summed E-state index contributed by atoms with van der Waals surface area (Å²) in [6.07, 6.45) is 3.72. The van der Waals surface area contributed by atoms with Crippen LogP contribution in [0.15, 0.2) is 103 Å². The summed E-state index contributed by atoms with van der Waals surface area (Å²) in [5, 5.41) is 11.7. The topological polar surface area (TPSA) is 97.6 Å². The first-order valence-corrected chi connectivity index (χ1v) is 13.5. The van der Waals surface area contributed by atoms with E-state index in [1.165, 1.54) is 12.1 Å². The summed E-state index contributed by atoms with van der Waals surface area (Å²) in [5.41, 5.74) is 1.10. The normalized spacial score (nSPS) is 21.5.